The van der Waals surface area contributed by atoms with E-state index in [1.165, 1.54) is 7.11 Å². The van der Waals surface area contributed by atoms with Crippen LogP contribution in [0.4, 0.5) is 0 Å². The number of halogens is 2. The van der Waals surface area contributed by atoms with Crippen LogP contribution in [0, 0.1) is 17.8 Å². The van der Waals surface area contributed by atoms with Gasteiger partial charge in [-0.2, -0.15) is 0 Å². The maximum Gasteiger partial charge on any atom is 0.355 e. The van der Waals surface area contributed by atoms with E-state index in [0.29, 0.717) is 50.5 Å². The minimum Gasteiger partial charge on any atom is -0.464 e. The average molecular weight is 633 g/mol. The molecule has 8 rings (SSSR count). The Morgan fingerprint density at radius 2 is 1.68 bits per heavy atom. The van der Waals surface area contributed by atoms with E-state index < -0.39 is 5.97 Å². The lowest BCUT2D eigenvalue weighted by molar-refractivity contribution is -0.0278. The number of aromatic nitrogens is 1. The minimum absolute atomic E-state index is 0. The van der Waals surface area contributed by atoms with Gasteiger partial charge in [-0.15, -0.1) is 12.4 Å². The second-order valence-corrected chi connectivity index (χ2v) is 13.1. The van der Waals surface area contributed by atoms with Crippen LogP contribution in [0.15, 0.2) is 77.6 Å². The summed E-state index contributed by atoms with van der Waals surface area (Å²) in [7, 11) is 1.30. The van der Waals surface area contributed by atoms with E-state index >= 15 is 0 Å². The van der Waals surface area contributed by atoms with Crippen molar-refractivity contribution in [2.45, 2.75) is 50.1 Å². The van der Waals surface area contributed by atoms with E-state index in [1.54, 1.807) is 34.9 Å². The predicted octanol–water partition coefficient (Wildman–Crippen LogP) is 6.08. The molecule has 0 spiro atoms. The lowest BCUT2D eigenvalue weighted by Crippen LogP contribution is -2.64. The van der Waals surface area contributed by atoms with E-state index in [0.717, 1.165) is 37.7 Å². The van der Waals surface area contributed by atoms with Gasteiger partial charge >= 0.3 is 5.97 Å². The molecule has 3 aromatic carbocycles. The molecule has 1 amide bonds. The van der Waals surface area contributed by atoms with Crippen LogP contribution in [0.3, 0.4) is 0 Å². The quantitative estimate of drug-likeness (QED) is 0.251. The molecule has 7 nitrogen and oxygen atoms in total. The SMILES string of the molecule is COC(=O)c1c(Cc2ccc(C(=O)N[C@@H]3[C@@H]4C[C@@H]5C[C@H]3C[C@](N)(C5)C4)cc2)c(=O)c2ccc(Cl)cc2n1-c1ccccc1.Cl. The Morgan fingerprint density at radius 3 is 2.32 bits per heavy atom. The number of pyridine rings is 1. The summed E-state index contributed by atoms with van der Waals surface area (Å²) in [5.41, 5.74) is 9.40. The maximum atomic E-state index is 13.9. The van der Waals surface area contributed by atoms with Gasteiger partial charge in [0, 0.05) is 45.2 Å². The van der Waals surface area contributed by atoms with Crippen LogP contribution in [-0.2, 0) is 11.2 Å². The number of nitrogens with zero attached hydrogens (tertiary/aromatic N) is 1. The highest BCUT2D eigenvalue weighted by Gasteiger charge is 2.54. The third kappa shape index (κ3) is 5.31. The Hall–Kier alpha value is -3.65. The number of rotatable bonds is 6. The Balaban J connectivity index is 0.00000343. The van der Waals surface area contributed by atoms with E-state index in [9.17, 15) is 14.4 Å². The number of amides is 1. The molecular formula is C35H35Cl2N3O4. The number of fused-ring (bicyclic) bond motifs is 1. The van der Waals surface area contributed by atoms with Gasteiger partial charge in [0.15, 0.2) is 5.43 Å². The zero-order valence-corrected chi connectivity index (χ0v) is 26.0. The van der Waals surface area contributed by atoms with Crippen molar-refractivity contribution in [2.75, 3.05) is 7.11 Å². The molecule has 4 saturated carbocycles. The highest BCUT2D eigenvalue weighted by atomic mass is 35.5. The first-order valence-electron chi connectivity index (χ1n) is 14.9. The zero-order chi connectivity index (χ0) is 29.9. The van der Waals surface area contributed by atoms with Gasteiger partial charge < -0.3 is 20.4 Å². The number of carbonyl (C=O) groups is 2. The Labute approximate surface area is 267 Å². The number of hydrogen-bond donors (Lipinski definition) is 2. The van der Waals surface area contributed by atoms with Gasteiger partial charge in [0.1, 0.15) is 5.69 Å². The Morgan fingerprint density at radius 1 is 1.00 bits per heavy atom. The number of para-hydroxylation sites is 1. The molecule has 0 saturated heterocycles. The summed E-state index contributed by atoms with van der Waals surface area (Å²) < 4.78 is 6.93. The monoisotopic (exact) mass is 631 g/mol. The molecule has 0 radical (unpaired) electrons. The number of carbonyl (C=O) groups excluding carboxylic acids is 2. The second-order valence-electron chi connectivity index (χ2n) is 12.7. The van der Waals surface area contributed by atoms with Crippen LogP contribution in [0.5, 0.6) is 0 Å². The molecule has 4 aliphatic rings. The minimum atomic E-state index is -0.622. The van der Waals surface area contributed by atoms with Crippen LogP contribution < -0.4 is 16.5 Å². The second kappa shape index (κ2) is 11.7. The van der Waals surface area contributed by atoms with Crippen LogP contribution in [-0.4, -0.2) is 35.1 Å². The molecule has 4 bridgehead atoms. The van der Waals surface area contributed by atoms with Crippen LogP contribution in [0.2, 0.25) is 5.02 Å². The molecular weight excluding hydrogens is 597 g/mol. The fourth-order valence-electron chi connectivity index (χ4n) is 8.26. The van der Waals surface area contributed by atoms with E-state index in [1.807, 2.05) is 42.5 Å². The fraction of sp³-hybridized carbons (Fsp3) is 0.343. The summed E-state index contributed by atoms with van der Waals surface area (Å²) in [5.74, 6) is 0.892. The number of nitrogens with one attached hydrogen (secondary N) is 1. The molecule has 0 aliphatic heterocycles. The van der Waals surface area contributed by atoms with Gasteiger partial charge in [-0.25, -0.2) is 4.79 Å². The standard InChI is InChI=1S/C35H34ClN3O4.ClH/c1-43-34(42)31-28(32(40)27-12-11-25(36)16-29(27)39(31)26-5-3-2-4-6-26)15-20-7-9-22(10-8-20)33(41)38-30-23-13-21-14-24(30)19-35(37,17-21)18-23;/h2-12,16,21,23-24,30H,13-15,17-19,37H2,1H3,(H,38,41);1H/t21-,23-,24+,30-,35+;. The van der Waals surface area contributed by atoms with Gasteiger partial charge in [-0.3, -0.25) is 9.59 Å². The van der Waals surface area contributed by atoms with Crippen molar-refractivity contribution in [2.24, 2.45) is 23.5 Å². The molecule has 1 aromatic heterocycles. The molecule has 1 heterocycles. The molecule has 3 N–H and O–H groups in total. The maximum absolute atomic E-state index is 13.9. The molecule has 4 aromatic rings. The van der Waals surface area contributed by atoms with Gasteiger partial charge in [0.2, 0.25) is 0 Å². The third-order valence-corrected chi connectivity index (χ3v) is 10.1. The third-order valence-electron chi connectivity index (χ3n) is 9.84. The molecule has 228 valence electrons. The first kappa shape index (κ1) is 30.4. The highest BCUT2D eigenvalue weighted by Crippen LogP contribution is 2.54. The summed E-state index contributed by atoms with van der Waals surface area (Å²) >= 11 is 6.34. The number of benzene rings is 3. The van der Waals surface area contributed by atoms with Crippen LogP contribution >= 0.6 is 24.0 Å². The highest BCUT2D eigenvalue weighted by molar-refractivity contribution is 6.31. The largest absolute Gasteiger partial charge is 0.464 e. The number of ether oxygens (including phenoxy) is 1. The van der Waals surface area contributed by atoms with E-state index in [-0.39, 0.29) is 47.4 Å². The van der Waals surface area contributed by atoms with E-state index in [2.05, 4.69) is 5.32 Å². The summed E-state index contributed by atoms with van der Waals surface area (Å²) in [5, 5.41) is 4.23. The van der Waals surface area contributed by atoms with Crippen molar-refractivity contribution in [1.82, 2.24) is 9.88 Å². The van der Waals surface area contributed by atoms with Crippen molar-refractivity contribution in [3.63, 3.8) is 0 Å². The van der Waals surface area contributed by atoms with Crippen molar-refractivity contribution in [3.05, 3.63) is 110 Å². The van der Waals surface area contributed by atoms with Crippen molar-refractivity contribution in [3.8, 4) is 5.69 Å². The fourth-order valence-corrected chi connectivity index (χ4v) is 8.43. The Kier molecular flexibility index (Phi) is 8.07. The van der Waals surface area contributed by atoms with Gasteiger partial charge in [-0.1, -0.05) is 41.9 Å². The number of esters is 1. The topological polar surface area (TPSA) is 103 Å². The first-order valence-corrected chi connectivity index (χ1v) is 15.3. The normalized spacial score (nSPS) is 25.0. The van der Waals surface area contributed by atoms with Crippen molar-refractivity contribution < 1.29 is 14.3 Å². The number of nitrogens with two attached hydrogens (primary N) is 1. The smallest absolute Gasteiger partial charge is 0.355 e. The molecule has 44 heavy (non-hydrogen) atoms. The van der Waals surface area contributed by atoms with E-state index in [4.69, 9.17) is 22.1 Å². The van der Waals surface area contributed by atoms with Gasteiger partial charge in [-0.05, 0) is 97.9 Å². The molecule has 5 atom stereocenters. The summed E-state index contributed by atoms with van der Waals surface area (Å²) in [6.45, 7) is 0. The van der Waals surface area contributed by atoms with Gasteiger partial charge in [0.05, 0.1) is 12.6 Å². The number of methoxy groups -OCH3 is 1. The zero-order valence-electron chi connectivity index (χ0n) is 24.4. The first-order chi connectivity index (χ1) is 20.7. The summed E-state index contributed by atoms with van der Waals surface area (Å²) in [4.78, 5) is 40.5. The Bertz CT molecular complexity index is 1790. The molecule has 4 fully saturated rings. The number of hydrogen-bond acceptors (Lipinski definition) is 5. The predicted molar refractivity (Wildman–Crippen MR) is 174 cm³/mol. The van der Waals surface area contributed by atoms with Crippen LogP contribution in [0.25, 0.3) is 16.6 Å². The molecule has 0 unspecified atom stereocenters. The summed E-state index contributed by atoms with van der Waals surface area (Å²) in [6.07, 6.45) is 5.60. The van der Waals surface area contributed by atoms with Gasteiger partial charge in [0.25, 0.3) is 5.91 Å². The lowest BCUT2D eigenvalue weighted by atomic mass is 9.51. The summed E-state index contributed by atoms with van der Waals surface area (Å²) in [6, 6.07) is 21.8. The molecule has 4 aliphatic carbocycles. The molecule has 9 heteroatoms. The van der Waals surface area contributed by atoms with Crippen LogP contribution in [0.1, 0.15) is 64.1 Å². The lowest BCUT2D eigenvalue weighted by Gasteiger charge is -2.58. The van der Waals surface area contributed by atoms with Crippen molar-refractivity contribution >= 4 is 46.8 Å². The van der Waals surface area contributed by atoms with Crippen molar-refractivity contribution in [1.29, 1.82) is 0 Å². The average Bonchev–Trinajstić information content (AvgIpc) is 2.99.